The molecule has 0 aromatic rings. The highest BCUT2D eigenvalue weighted by atomic mass is 32.2. The van der Waals surface area contributed by atoms with Crippen molar-refractivity contribution in [2.75, 3.05) is 25.9 Å². The summed E-state index contributed by atoms with van der Waals surface area (Å²) in [6.07, 6.45) is -7.16. The number of nitrogens with two attached hydrogens (primary N) is 1. The molecule has 0 unspecified atom stereocenters. The second-order valence-electron chi connectivity index (χ2n) is 3.73. The quantitative estimate of drug-likeness (QED) is 0.718. The first-order valence-electron chi connectivity index (χ1n) is 5.02. The summed E-state index contributed by atoms with van der Waals surface area (Å²) in [5.74, 6) is -5.28. The topological polar surface area (TPSA) is 63.4 Å². The lowest BCUT2D eigenvalue weighted by Gasteiger charge is -2.23. The number of sulfonamides is 1. The van der Waals surface area contributed by atoms with E-state index in [0.29, 0.717) is 4.31 Å². The van der Waals surface area contributed by atoms with Crippen molar-refractivity contribution in [1.82, 2.24) is 4.31 Å². The summed E-state index contributed by atoms with van der Waals surface area (Å²) in [5.41, 5.74) is 5.08. The van der Waals surface area contributed by atoms with Gasteiger partial charge in [-0.1, -0.05) is 0 Å². The SMILES string of the molecule is CN(CCC(F)(F)C(F)(F)F)S(=O)(=O)CCCN. The van der Waals surface area contributed by atoms with Gasteiger partial charge in [-0.25, -0.2) is 12.7 Å². The molecule has 0 fully saturated rings. The van der Waals surface area contributed by atoms with E-state index in [1.165, 1.54) is 0 Å². The second kappa shape index (κ2) is 6.11. The van der Waals surface area contributed by atoms with Gasteiger partial charge in [0.25, 0.3) is 0 Å². The van der Waals surface area contributed by atoms with Crippen LogP contribution in [0.5, 0.6) is 0 Å². The largest absolute Gasteiger partial charge is 0.453 e. The fourth-order valence-corrected chi connectivity index (χ4v) is 2.21. The zero-order valence-corrected chi connectivity index (χ0v) is 10.5. The standard InChI is InChI=1S/C8H15F5N2O2S/c1-15(18(16,17)6-2-4-14)5-3-7(9,10)8(11,12)13/h2-6,14H2,1H3. The van der Waals surface area contributed by atoms with Crippen LogP contribution < -0.4 is 5.73 Å². The van der Waals surface area contributed by atoms with E-state index >= 15 is 0 Å². The van der Waals surface area contributed by atoms with Gasteiger partial charge in [-0.05, 0) is 13.0 Å². The predicted molar refractivity (Wildman–Crippen MR) is 55.7 cm³/mol. The van der Waals surface area contributed by atoms with Gasteiger partial charge >= 0.3 is 12.1 Å². The van der Waals surface area contributed by atoms with Crippen LogP contribution in [0.1, 0.15) is 12.8 Å². The van der Waals surface area contributed by atoms with E-state index in [1.54, 1.807) is 0 Å². The van der Waals surface area contributed by atoms with Crippen molar-refractivity contribution in [2.24, 2.45) is 5.73 Å². The highest BCUT2D eigenvalue weighted by Gasteiger charge is 2.56. The van der Waals surface area contributed by atoms with E-state index in [-0.39, 0.29) is 18.7 Å². The molecule has 0 saturated heterocycles. The molecule has 0 aliphatic carbocycles. The summed E-state index contributed by atoms with van der Waals surface area (Å²) >= 11 is 0. The van der Waals surface area contributed by atoms with Crippen molar-refractivity contribution < 1.29 is 30.4 Å². The van der Waals surface area contributed by atoms with Gasteiger partial charge in [0.2, 0.25) is 10.0 Å². The van der Waals surface area contributed by atoms with E-state index in [9.17, 15) is 30.4 Å². The Labute approximate surface area is 102 Å². The van der Waals surface area contributed by atoms with Crippen molar-refractivity contribution in [2.45, 2.75) is 24.9 Å². The third kappa shape index (κ3) is 5.02. The Kier molecular flexibility index (Phi) is 5.95. The summed E-state index contributed by atoms with van der Waals surface area (Å²) < 4.78 is 84.0. The van der Waals surface area contributed by atoms with Crippen molar-refractivity contribution in [3.8, 4) is 0 Å². The second-order valence-corrected chi connectivity index (χ2v) is 5.93. The van der Waals surface area contributed by atoms with E-state index in [1.807, 2.05) is 0 Å². The molecule has 0 aliphatic heterocycles. The third-order valence-corrected chi connectivity index (χ3v) is 4.17. The maximum Gasteiger partial charge on any atom is 0.453 e. The summed E-state index contributed by atoms with van der Waals surface area (Å²) in [6.45, 7) is -0.814. The van der Waals surface area contributed by atoms with E-state index in [4.69, 9.17) is 5.73 Å². The van der Waals surface area contributed by atoms with E-state index in [0.717, 1.165) is 7.05 Å². The third-order valence-electron chi connectivity index (χ3n) is 2.24. The number of hydrogen-bond donors (Lipinski definition) is 1. The highest BCUT2D eigenvalue weighted by molar-refractivity contribution is 7.89. The smallest absolute Gasteiger partial charge is 0.330 e. The minimum Gasteiger partial charge on any atom is -0.330 e. The lowest BCUT2D eigenvalue weighted by Crippen LogP contribution is -2.41. The van der Waals surface area contributed by atoms with Crippen LogP contribution in [0.2, 0.25) is 0 Å². The first-order chi connectivity index (χ1) is 7.94. The molecule has 0 aromatic heterocycles. The number of alkyl halides is 5. The molecule has 0 bridgehead atoms. The predicted octanol–water partition coefficient (Wildman–Crippen LogP) is 1.18. The summed E-state index contributed by atoms with van der Waals surface area (Å²) in [5, 5.41) is 0. The molecule has 110 valence electrons. The van der Waals surface area contributed by atoms with Crippen LogP contribution in [0.3, 0.4) is 0 Å². The molecule has 10 heteroatoms. The molecule has 18 heavy (non-hydrogen) atoms. The first-order valence-corrected chi connectivity index (χ1v) is 6.63. The Balaban J connectivity index is 4.47. The molecule has 0 spiro atoms. The Morgan fingerprint density at radius 1 is 1.17 bits per heavy atom. The summed E-state index contributed by atoms with van der Waals surface area (Å²) in [7, 11) is -2.88. The molecular weight excluding hydrogens is 283 g/mol. The molecule has 2 N–H and O–H groups in total. The van der Waals surface area contributed by atoms with Crippen molar-refractivity contribution >= 4 is 10.0 Å². The van der Waals surface area contributed by atoms with Crippen LogP contribution in [0.25, 0.3) is 0 Å². The van der Waals surface area contributed by atoms with Crippen LogP contribution in [-0.2, 0) is 10.0 Å². The van der Waals surface area contributed by atoms with Crippen LogP contribution >= 0.6 is 0 Å². The van der Waals surface area contributed by atoms with E-state index in [2.05, 4.69) is 0 Å². The van der Waals surface area contributed by atoms with Crippen molar-refractivity contribution in [3.05, 3.63) is 0 Å². The van der Waals surface area contributed by atoms with Crippen LogP contribution in [0.4, 0.5) is 22.0 Å². The minimum atomic E-state index is -5.67. The molecule has 0 rings (SSSR count). The summed E-state index contributed by atoms with van der Waals surface area (Å²) in [6, 6.07) is 0. The van der Waals surface area contributed by atoms with Crippen molar-refractivity contribution in [3.63, 3.8) is 0 Å². The van der Waals surface area contributed by atoms with E-state index < -0.39 is 35.1 Å². The molecule has 0 saturated carbocycles. The number of rotatable bonds is 7. The van der Waals surface area contributed by atoms with Gasteiger partial charge in [0.1, 0.15) is 0 Å². The molecule has 0 aromatic carbocycles. The van der Waals surface area contributed by atoms with Gasteiger partial charge in [0.05, 0.1) is 5.75 Å². The lowest BCUT2D eigenvalue weighted by atomic mass is 10.2. The first kappa shape index (κ1) is 17.5. The Bertz CT molecular complexity index is 355. The Hall–Kier alpha value is -0.480. The van der Waals surface area contributed by atoms with Crippen LogP contribution in [-0.4, -0.2) is 50.7 Å². The van der Waals surface area contributed by atoms with Crippen molar-refractivity contribution in [1.29, 1.82) is 0 Å². The number of nitrogens with zero attached hydrogens (tertiary/aromatic N) is 1. The van der Waals surface area contributed by atoms with Gasteiger partial charge in [-0.15, -0.1) is 0 Å². The molecule has 0 heterocycles. The fourth-order valence-electron chi connectivity index (χ4n) is 1.00. The lowest BCUT2D eigenvalue weighted by molar-refractivity contribution is -0.284. The average Bonchev–Trinajstić information content (AvgIpc) is 2.21. The highest BCUT2D eigenvalue weighted by Crippen LogP contribution is 2.38. The van der Waals surface area contributed by atoms with Gasteiger partial charge in [-0.2, -0.15) is 22.0 Å². The molecule has 0 atom stereocenters. The molecule has 0 amide bonds. The van der Waals surface area contributed by atoms with Crippen LogP contribution in [0, 0.1) is 0 Å². The maximum absolute atomic E-state index is 12.6. The molecule has 0 radical (unpaired) electrons. The maximum atomic E-state index is 12.6. The molecule has 4 nitrogen and oxygen atoms in total. The minimum absolute atomic E-state index is 0.0891. The zero-order valence-electron chi connectivity index (χ0n) is 9.67. The number of hydrogen-bond acceptors (Lipinski definition) is 3. The average molecular weight is 298 g/mol. The summed E-state index contributed by atoms with van der Waals surface area (Å²) in [4.78, 5) is 0. The normalized spacial score (nSPS) is 14.2. The van der Waals surface area contributed by atoms with Gasteiger partial charge in [0, 0.05) is 20.0 Å². The van der Waals surface area contributed by atoms with Gasteiger partial charge < -0.3 is 5.73 Å². The van der Waals surface area contributed by atoms with Gasteiger partial charge in [0.15, 0.2) is 0 Å². The van der Waals surface area contributed by atoms with Crippen LogP contribution in [0.15, 0.2) is 0 Å². The Morgan fingerprint density at radius 2 is 1.67 bits per heavy atom. The number of halogens is 5. The Morgan fingerprint density at radius 3 is 2.06 bits per heavy atom. The molecular formula is C8H15F5N2O2S. The molecule has 0 aliphatic rings. The fraction of sp³-hybridized carbons (Fsp3) is 1.00. The van der Waals surface area contributed by atoms with Gasteiger partial charge in [-0.3, -0.25) is 0 Å². The zero-order chi connectivity index (χ0) is 14.6. The monoisotopic (exact) mass is 298 g/mol.